The summed E-state index contributed by atoms with van der Waals surface area (Å²) in [4.78, 5) is 0. The first-order valence-electron chi connectivity index (χ1n) is 12.3. The average Bonchev–Trinajstić information content (AvgIpc) is 3.48. The molecule has 0 N–H and O–H groups in total. The molecule has 0 bridgehead atoms. The highest BCUT2D eigenvalue weighted by Gasteiger charge is 2.15. The maximum absolute atomic E-state index is 6.34. The van der Waals surface area contributed by atoms with Crippen molar-refractivity contribution in [3.05, 3.63) is 127 Å². The van der Waals surface area contributed by atoms with Crippen molar-refractivity contribution in [2.24, 2.45) is 0 Å². The number of aromatic nitrogens is 1. The second kappa shape index (κ2) is 7.34. The molecule has 0 aliphatic carbocycles. The molecule has 0 spiro atoms. The molecular weight excluding hydrogens is 438 g/mol. The zero-order valence-corrected chi connectivity index (χ0v) is 19.5. The molecule has 168 valence electrons. The van der Waals surface area contributed by atoms with Crippen LogP contribution in [-0.2, 0) is 0 Å². The van der Waals surface area contributed by atoms with Crippen molar-refractivity contribution in [3.63, 3.8) is 0 Å². The lowest BCUT2D eigenvalue weighted by Crippen LogP contribution is -1.92. The van der Waals surface area contributed by atoms with Crippen molar-refractivity contribution in [2.45, 2.75) is 0 Å². The number of hydrogen-bond acceptors (Lipinski definition) is 1. The van der Waals surface area contributed by atoms with Gasteiger partial charge in [-0.1, -0.05) is 78.9 Å². The summed E-state index contributed by atoms with van der Waals surface area (Å²) in [7, 11) is 0. The molecule has 6 aromatic carbocycles. The van der Waals surface area contributed by atoms with E-state index in [-0.39, 0.29) is 0 Å². The van der Waals surface area contributed by atoms with Crippen molar-refractivity contribution in [3.8, 4) is 16.8 Å². The molecule has 0 amide bonds. The summed E-state index contributed by atoms with van der Waals surface area (Å²) < 4.78 is 8.69. The minimum atomic E-state index is 0.922. The summed E-state index contributed by atoms with van der Waals surface area (Å²) in [6.45, 7) is 0. The van der Waals surface area contributed by atoms with Crippen LogP contribution in [0.15, 0.2) is 132 Å². The van der Waals surface area contributed by atoms with Crippen molar-refractivity contribution in [2.75, 3.05) is 0 Å². The lowest BCUT2D eigenvalue weighted by molar-refractivity contribution is 0.669. The zero-order valence-electron chi connectivity index (χ0n) is 19.5. The Morgan fingerprint density at radius 1 is 0.444 bits per heavy atom. The molecule has 0 fully saturated rings. The summed E-state index contributed by atoms with van der Waals surface area (Å²) in [6.07, 6.45) is 0. The van der Waals surface area contributed by atoms with Crippen molar-refractivity contribution in [1.82, 2.24) is 4.57 Å². The predicted molar refractivity (Wildman–Crippen MR) is 151 cm³/mol. The number of nitrogens with zero attached hydrogens (tertiary/aromatic N) is 1. The Balaban J connectivity index is 1.35. The van der Waals surface area contributed by atoms with Gasteiger partial charge in [-0.2, -0.15) is 0 Å². The highest BCUT2D eigenvalue weighted by atomic mass is 16.3. The standard InChI is InChI=1S/C34H21NO/c1-2-9-25(10-3-1)35-30-13-7-6-12-27(30)29-20-23(15-18-31(29)35)24-14-17-28-33(21-24)36-32-19-16-22-8-4-5-11-26(22)34(28)32/h1-21H. The number of benzene rings is 6. The van der Waals surface area contributed by atoms with Crippen molar-refractivity contribution >= 4 is 54.5 Å². The molecule has 8 rings (SSSR count). The first-order valence-corrected chi connectivity index (χ1v) is 12.3. The Morgan fingerprint density at radius 3 is 2.08 bits per heavy atom. The van der Waals surface area contributed by atoms with Gasteiger partial charge in [-0.25, -0.2) is 0 Å². The highest BCUT2D eigenvalue weighted by Crippen LogP contribution is 2.38. The molecule has 0 atom stereocenters. The van der Waals surface area contributed by atoms with Crippen LogP contribution in [0.5, 0.6) is 0 Å². The number of hydrogen-bond donors (Lipinski definition) is 0. The van der Waals surface area contributed by atoms with Crippen molar-refractivity contribution < 1.29 is 4.42 Å². The quantitative estimate of drug-likeness (QED) is 0.252. The summed E-state index contributed by atoms with van der Waals surface area (Å²) in [5.74, 6) is 0. The van der Waals surface area contributed by atoms with Crippen molar-refractivity contribution in [1.29, 1.82) is 0 Å². The van der Waals surface area contributed by atoms with E-state index in [1.165, 1.54) is 49.2 Å². The fourth-order valence-electron chi connectivity index (χ4n) is 5.73. The maximum Gasteiger partial charge on any atom is 0.136 e. The van der Waals surface area contributed by atoms with Gasteiger partial charge in [0.25, 0.3) is 0 Å². The smallest absolute Gasteiger partial charge is 0.136 e. The van der Waals surface area contributed by atoms with Gasteiger partial charge in [0.15, 0.2) is 0 Å². The number of rotatable bonds is 2. The van der Waals surface area contributed by atoms with E-state index >= 15 is 0 Å². The molecule has 0 unspecified atom stereocenters. The van der Waals surface area contributed by atoms with E-state index in [2.05, 4.69) is 132 Å². The summed E-state index contributed by atoms with van der Waals surface area (Å²) in [6, 6.07) is 45.4. The van der Waals surface area contributed by atoms with E-state index in [1.54, 1.807) is 0 Å². The Kier molecular flexibility index (Phi) is 3.97. The second-order valence-electron chi connectivity index (χ2n) is 9.39. The first kappa shape index (κ1) is 19.5. The molecular formula is C34H21NO. The van der Waals surface area contributed by atoms with Gasteiger partial charge < -0.3 is 8.98 Å². The fraction of sp³-hybridized carbons (Fsp3) is 0. The van der Waals surface area contributed by atoms with Crippen LogP contribution in [0.3, 0.4) is 0 Å². The number of para-hydroxylation sites is 2. The Hall–Kier alpha value is -4.82. The molecule has 2 heteroatoms. The van der Waals surface area contributed by atoms with Gasteiger partial charge in [-0.15, -0.1) is 0 Å². The Morgan fingerprint density at radius 2 is 1.17 bits per heavy atom. The van der Waals surface area contributed by atoms with Crippen LogP contribution >= 0.6 is 0 Å². The van der Waals surface area contributed by atoms with Gasteiger partial charge in [0, 0.05) is 27.2 Å². The maximum atomic E-state index is 6.34. The lowest BCUT2D eigenvalue weighted by Gasteiger charge is -2.08. The van der Waals surface area contributed by atoms with E-state index in [0.717, 1.165) is 22.1 Å². The normalized spacial score (nSPS) is 11.9. The Labute approximate surface area is 207 Å². The highest BCUT2D eigenvalue weighted by molar-refractivity contribution is 6.19. The summed E-state index contributed by atoms with van der Waals surface area (Å²) >= 11 is 0. The van der Waals surface area contributed by atoms with Crippen LogP contribution in [0.2, 0.25) is 0 Å². The van der Waals surface area contributed by atoms with Gasteiger partial charge >= 0.3 is 0 Å². The molecule has 2 nitrogen and oxygen atoms in total. The van der Waals surface area contributed by atoms with Crippen LogP contribution in [0.4, 0.5) is 0 Å². The van der Waals surface area contributed by atoms with Gasteiger partial charge in [0.2, 0.25) is 0 Å². The monoisotopic (exact) mass is 459 g/mol. The lowest BCUT2D eigenvalue weighted by atomic mass is 10.00. The largest absolute Gasteiger partial charge is 0.456 e. The van der Waals surface area contributed by atoms with Crippen LogP contribution in [0.25, 0.3) is 71.3 Å². The third kappa shape index (κ3) is 2.73. The first-order chi connectivity index (χ1) is 17.8. The third-order valence-corrected chi connectivity index (χ3v) is 7.38. The molecule has 36 heavy (non-hydrogen) atoms. The molecule has 2 aromatic heterocycles. The molecule has 8 aromatic rings. The zero-order chi connectivity index (χ0) is 23.6. The van der Waals surface area contributed by atoms with E-state index < -0.39 is 0 Å². The third-order valence-electron chi connectivity index (χ3n) is 7.38. The summed E-state index contributed by atoms with van der Waals surface area (Å²) in [5, 5.41) is 7.33. The predicted octanol–water partition coefficient (Wildman–Crippen LogP) is 9.50. The van der Waals surface area contributed by atoms with E-state index in [9.17, 15) is 0 Å². The molecule has 2 heterocycles. The van der Waals surface area contributed by atoms with Crippen LogP contribution < -0.4 is 0 Å². The number of furan rings is 1. The number of fused-ring (bicyclic) bond motifs is 8. The minimum Gasteiger partial charge on any atom is -0.456 e. The fourth-order valence-corrected chi connectivity index (χ4v) is 5.73. The Bertz CT molecular complexity index is 2090. The topological polar surface area (TPSA) is 18.1 Å². The van der Waals surface area contributed by atoms with Gasteiger partial charge in [-0.05, 0) is 70.4 Å². The average molecular weight is 460 g/mol. The van der Waals surface area contributed by atoms with Gasteiger partial charge in [0.05, 0.1) is 11.0 Å². The van der Waals surface area contributed by atoms with Crippen LogP contribution in [-0.4, -0.2) is 4.57 Å². The summed E-state index contributed by atoms with van der Waals surface area (Å²) in [5.41, 5.74) is 7.80. The van der Waals surface area contributed by atoms with E-state index in [4.69, 9.17) is 4.42 Å². The minimum absolute atomic E-state index is 0.922. The van der Waals surface area contributed by atoms with E-state index in [1.807, 2.05) is 0 Å². The molecule has 0 aliphatic rings. The van der Waals surface area contributed by atoms with Gasteiger partial charge in [-0.3, -0.25) is 0 Å². The van der Waals surface area contributed by atoms with Gasteiger partial charge in [0.1, 0.15) is 11.2 Å². The molecule has 0 radical (unpaired) electrons. The SMILES string of the molecule is c1ccc(-n2c3ccccc3c3cc(-c4ccc5c(c4)oc4ccc6ccccc6c45)ccc32)cc1. The van der Waals surface area contributed by atoms with E-state index in [0.29, 0.717) is 0 Å². The molecule has 0 saturated carbocycles. The van der Waals surface area contributed by atoms with Crippen LogP contribution in [0, 0.1) is 0 Å². The second-order valence-corrected chi connectivity index (χ2v) is 9.39. The van der Waals surface area contributed by atoms with Crippen LogP contribution in [0.1, 0.15) is 0 Å². The molecule has 0 saturated heterocycles. The molecule has 0 aliphatic heterocycles.